The molecule has 0 rings (SSSR count). The van der Waals surface area contributed by atoms with Gasteiger partial charge >= 0.3 is 5.97 Å². The quantitative estimate of drug-likeness (QED) is 0.488. The summed E-state index contributed by atoms with van der Waals surface area (Å²) in [6.07, 6.45) is 12.8. The van der Waals surface area contributed by atoms with Crippen LogP contribution in [-0.4, -0.2) is 11.1 Å². The van der Waals surface area contributed by atoms with Gasteiger partial charge in [-0.3, -0.25) is 4.79 Å². The fourth-order valence-corrected chi connectivity index (χ4v) is 2.41. The van der Waals surface area contributed by atoms with Crippen molar-refractivity contribution in [1.29, 1.82) is 0 Å². The monoisotopic (exact) mass is 242 g/mol. The number of hydrogen-bond acceptors (Lipinski definition) is 1. The molecule has 1 unspecified atom stereocenters. The van der Waals surface area contributed by atoms with Gasteiger partial charge in [-0.15, -0.1) is 0 Å². The molecule has 0 aromatic heterocycles. The lowest BCUT2D eigenvalue weighted by atomic mass is 9.91. The smallest absolute Gasteiger partial charge is 0.303 e. The van der Waals surface area contributed by atoms with E-state index in [1.165, 1.54) is 51.4 Å². The second-order valence-electron chi connectivity index (χ2n) is 5.14. The van der Waals surface area contributed by atoms with E-state index in [1.807, 2.05) is 0 Å². The number of carbonyl (C=O) groups is 1. The summed E-state index contributed by atoms with van der Waals surface area (Å²) in [7, 11) is 0. The van der Waals surface area contributed by atoms with Gasteiger partial charge in [-0.1, -0.05) is 71.6 Å². The molecule has 0 aromatic carbocycles. The van der Waals surface area contributed by atoms with Crippen LogP contribution >= 0.6 is 0 Å². The van der Waals surface area contributed by atoms with Crippen LogP contribution in [-0.2, 0) is 4.79 Å². The van der Waals surface area contributed by atoms with E-state index < -0.39 is 5.97 Å². The molecule has 0 aliphatic rings. The van der Waals surface area contributed by atoms with Gasteiger partial charge in [-0.25, -0.2) is 0 Å². The van der Waals surface area contributed by atoms with Crippen LogP contribution in [0.15, 0.2) is 0 Å². The first-order valence-electron chi connectivity index (χ1n) is 7.42. The minimum atomic E-state index is -0.653. The molecule has 17 heavy (non-hydrogen) atoms. The minimum Gasteiger partial charge on any atom is -0.481 e. The lowest BCUT2D eigenvalue weighted by Gasteiger charge is -2.15. The van der Waals surface area contributed by atoms with Gasteiger partial charge in [0.2, 0.25) is 0 Å². The highest BCUT2D eigenvalue weighted by Gasteiger charge is 2.07. The van der Waals surface area contributed by atoms with Crippen LogP contribution < -0.4 is 0 Å². The summed E-state index contributed by atoms with van der Waals surface area (Å²) in [5.74, 6) is 0.186. The summed E-state index contributed by atoms with van der Waals surface area (Å²) >= 11 is 0. The van der Waals surface area contributed by atoms with E-state index in [9.17, 15) is 4.79 Å². The zero-order valence-corrected chi connectivity index (χ0v) is 11.7. The van der Waals surface area contributed by atoms with E-state index >= 15 is 0 Å². The lowest BCUT2D eigenvalue weighted by Crippen LogP contribution is -2.02. The van der Waals surface area contributed by atoms with Crippen molar-refractivity contribution in [3.8, 4) is 0 Å². The zero-order chi connectivity index (χ0) is 12.9. The molecule has 0 radical (unpaired) electrons. The normalized spacial score (nSPS) is 12.6. The molecule has 1 atom stereocenters. The first-order valence-corrected chi connectivity index (χ1v) is 7.42. The Bertz CT molecular complexity index is 178. The predicted molar refractivity (Wildman–Crippen MR) is 73.3 cm³/mol. The summed E-state index contributed by atoms with van der Waals surface area (Å²) in [5.41, 5.74) is 0. The average molecular weight is 242 g/mol. The molecule has 1 N–H and O–H groups in total. The van der Waals surface area contributed by atoms with Crippen molar-refractivity contribution >= 4 is 5.97 Å². The van der Waals surface area contributed by atoms with Crippen molar-refractivity contribution in [3.05, 3.63) is 0 Å². The average Bonchev–Trinajstić information content (AvgIpc) is 2.29. The van der Waals surface area contributed by atoms with Crippen molar-refractivity contribution < 1.29 is 9.90 Å². The first kappa shape index (κ1) is 16.5. The fourth-order valence-electron chi connectivity index (χ4n) is 2.41. The Hall–Kier alpha value is -0.530. The van der Waals surface area contributed by atoms with Crippen molar-refractivity contribution in [2.75, 3.05) is 0 Å². The molecule has 0 heterocycles. The zero-order valence-electron chi connectivity index (χ0n) is 11.7. The van der Waals surface area contributed by atoms with E-state index in [4.69, 9.17) is 5.11 Å². The van der Waals surface area contributed by atoms with Gasteiger partial charge in [-0.2, -0.15) is 0 Å². The lowest BCUT2D eigenvalue weighted by molar-refractivity contribution is -0.137. The maximum absolute atomic E-state index is 10.4. The molecule has 0 bridgehead atoms. The molecular weight excluding hydrogens is 212 g/mol. The van der Waals surface area contributed by atoms with Crippen molar-refractivity contribution in [2.24, 2.45) is 5.92 Å². The Morgan fingerprint density at radius 1 is 0.882 bits per heavy atom. The minimum absolute atomic E-state index is 0.342. The number of rotatable bonds is 12. The molecule has 102 valence electrons. The number of unbranched alkanes of at least 4 members (excludes halogenated alkanes) is 4. The highest BCUT2D eigenvalue weighted by Crippen LogP contribution is 2.22. The van der Waals surface area contributed by atoms with Gasteiger partial charge in [0.25, 0.3) is 0 Å². The molecular formula is C15H30O2. The Morgan fingerprint density at radius 3 is 2.06 bits per heavy atom. The summed E-state index contributed by atoms with van der Waals surface area (Å²) in [6, 6.07) is 0. The van der Waals surface area contributed by atoms with E-state index in [2.05, 4.69) is 13.8 Å². The first-order chi connectivity index (χ1) is 8.20. The second kappa shape index (κ2) is 11.9. The molecule has 2 nitrogen and oxygen atoms in total. The number of hydrogen-bond donors (Lipinski definition) is 1. The van der Waals surface area contributed by atoms with Crippen LogP contribution in [0.3, 0.4) is 0 Å². The summed E-state index contributed by atoms with van der Waals surface area (Å²) < 4.78 is 0. The number of aliphatic carboxylic acids is 1. The fraction of sp³-hybridized carbons (Fsp3) is 0.933. The molecule has 0 saturated heterocycles. The van der Waals surface area contributed by atoms with Crippen molar-refractivity contribution in [3.63, 3.8) is 0 Å². The summed E-state index contributed by atoms with van der Waals surface area (Å²) in [6.45, 7) is 4.49. The molecule has 0 saturated carbocycles. The van der Waals surface area contributed by atoms with Crippen molar-refractivity contribution in [2.45, 2.75) is 84.5 Å². The van der Waals surface area contributed by atoms with Gasteiger partial charge in [-0.05, 0) is 12.3 Å². The SMILES string of the molecule is CCCCCCC(CCC)CCCCC(=O)O. The Kier molecular flexibility index (Phi) is 11.6. The number of carboxylic acid groups (broad SMARTS) is 1. The van der Waals surface area contributed by atoms with E-state index in [0.717, 1.165) is 18.8 Å². The third kappa shape index (κ3) is 11.7. The van der Waals surface area contributed by atoms with Crippen LogP contribution in [0.4, 0.5) is 0 Å². The Balaban J connectivity index is 3.55. The van der Waals surface area contributed by atoms with Crippen LogP contribution in [0.5, 0.6) is 0 Å². The standard InChI is InChI=1S/C15H30O2/c1-3-5-6-7-11-14(10-4-2)12-8-9-13-15(16)17/h14H,3-13H2,1-2H3,(H,16,17). The van der Waals surface area contributed by atoms with Gasteiger partial charge < -0.3 is 5.11 Å². The highest BCUT2D eigenvalue weighted by molar-refractivity contribution is 5.66. The molecule has 0 aliphatic carbocycles. The highest BCUT2D eigenvalue weighted by atomic mass is 16.4. The van der Waals surface area contributed by atoms with E-state index in [1.54, 1.807) is 0 Å². The summed E-state index contributed by atoms with van der Waals surface area (Å²) in [5, 5.41) is 8.58. The third-order valence-corrected chi connectivity index (χ3v) is 3.42. The largest absolute Gasteiger partial charge is 0.481 e. The van der Waals surface area contributed by atoms with Gasteiger partial charge in [0.1, 0.15) is 0 Å². The van der Waals surface area contributed by atoms with Gasteiger partial charge in [0, 0.05) is 6.42 Å². The molecule has 0 aliphatic heterocycles. The number of carboxylic acids is 1. The molecule has 0 fully saturated rings. The topological polar surface area (TPSA) is 37.3 Å². The third-order valence-electron chi connectivity index (χ3n) is 3.42. The Morgan fingerprint density at radius 2 is 1.53 bits per heavy atom. The van der Waals surface area contributed by atoms with E-state index in [-0.39, 0.29) is 0 Å². The summed E-state index contributed by atoms with van der Waals surface area (Å²) in [4.78, 5) is 10.4. The predicted octanol–water partition coefficient (Wildman–Crippen LogP) is 5.02. The van der Waals surface area contributed by atoms with E-state index in [0.29, 0.717) is 6.42 Å². The maximum atomic E-state index is 10.4. The Labute approximate surface area is 107 Å². The van der Waals surface area contributed by atoms with Crippen LogP contribution in [0.25, 0.3) is 0 Å². The molecule has 2 heteroatoms. The maximum Gasteiger partial charge on any atom is 0.303 e. The van der Waals surface area contributed by atoms with Crippen molar-refractivity contribution in [1.82, 2.24) is 0 Å². The van der Waals surface area contributed by atoms with Crippen LogP contribution in [0.2, 0.25) is 0 Å². The molecule has 0 aromatic rings. The second-order valence-corrected chi connectivity index (χ2v) is 5.14. The van der Waals surface area contributed by atoms with Gasteiger partial charge in [0.05, 0.1) is 0 Å². The van der Waals surface area contributed by atoms with Gasteiger partial charge in [0.15, 0.2) is 0 Å². The molecule has 0 amide bonds. The van der Waals surface area contributed by atoms with Crippen LogP contribution in [0.1, 0.15) is 84.5 Å². The molecule has 0 spiro atoms. The van der Waals surface area contributed by atoms with Crippen LogP contribution in [0, 0.1) is 5.92 Å².